The molecule has 36 heavy (non-hydrogen) atoms. The number of aromatic nitrogens is 1. The van der Waals surface area contributed by atoms with E-state index in [9.17, 15) is 4.79 Å². The van der Waals surface area contributed by atoms with Gasteiger partial charge in [-0.3, -0.25) is 4.98 Å². The fraction of sp³-hybridized carbons (Fsp3) is 0.548. The van der Waals surface area contributed by atoms with Crippen molar-refractivity contribution in [3.8, 4) is 0 Å². The first-order valence-electron chi connectivity index (χ1n) is 13.7. The highest BCUT2D eigenvalue weighted by Gasteiger charge is 2.72. The van der Waals surface area contributed by atoms with Crippen molar-refractivity contribution in [2.75, 3.05) is 7.05 Å². The van der Waals surface area contributed by atoms with Crippen molar-refractivity contribution in [3.05, 3.63) is 65.5 Å². The number of hydrogen-bond acceptors (Lipinski definition) is 4. The molecule has 7 rings (SSSR count). The zero-order valence-corrected chi connectivity index (χ0v) is 21.6. The van der Waals surface area contributed by atoms with E-state index >= 15 is 0 Å². The molecule has 3 heterocycles. The summed E-state index contributed by atoms with van der Waals surface area (Å²) in [5.74, 6) is 0.487. The summed E-state index contributed by atoms with van der Waals surface area (Å²) < 4.78 is 13.1. The van der Waals surface area contributed by atoms with Crippen LogP contribution in [-0.2, 0) is 9.47 Å². The Morgan fingerprint density at radius 3 is 2.89 bits per heavy atom. The van der Waals surface area contributed by atoms with Gasteiger partial charge in [-0.15, -0.1) is 0 Å². The van der Waals surface area contributed by atoms with Crippen molar-refractivity contribution in [2.45, 2.75) is 88.4 Å². The second-order valence-electron chi connectivity index (χ2n) is 12.3. The first-order valence-corrected chi connectivity index (χ1v) is 13.7. The van der Waals surface area contributed by atoms with Gasteiger partial charge in [-0.2, -0.15) is 0 Å². The average molecular weight is 485 g/mol. The zero-order valence-electron chi connectivity index (χ0n) is 21.6. The molecule has 1 amide bonds. The Kier molecular flexibility index (Phi) is 4.66. The van der Waals surface area contributed by atoms with Gasteiger partial charge < -0.3 is 14.8 Å². The van der Waals surface area contributed by atoms with E-state index in [1.165, 1.54) is 33.9 Å². The summed E-state index contributed by atoms with van der Waals surface area (Å²) in [6, 6.07) is 9.08. The molecule has 5 aliphatic rings. The van der Waals surface area contributed by atoms with E-state index in [1.54, 1.807) is 7.05 Å². The van der Waals surface area contributed by atoms with Crippen molar-refractivity contribution in [1.82, 2.24) is 10.3 Å². The summed E-state index contributed by atoms with van der Waals surface area (Å²) in [6.07, 6.45) is 16.5. The van der Waals surface area contributed by atoms with Gasteiger partial charge in [-0.25, -0.2) is 4.79 Å². The molecule has 3 aliphatic carbocycles. The largest absolute Gasteiger partial charge is 0.446 e. The molecule has 1 saturated heterocycles. The molecule has 3 fully saturated rings. The van der Waals surface area contributed by atoms with Gasteiger partial charge in [0.2, 0.25) is 0 Å². The molecule has 2 aliphatic heterocycles. The molecule has 1 aromatic carbocycles. The van der Waals surface area contributed by atoms with Gasteiger partial charge in [0.1, 0.15) is 6.10 Å². The molecule has 2 aromatic rings. The van der Waals surface area contributed by atoms with Crippen molar-refractivity contribution >= 4 is 16.9 Å². The zero-order chi connectivity index (χ0) is 24.8. The van der Waals surface area contributed by atoms with Gasteiger partial charge >= 0.3 is 6.09 Å². The number of nitrogens with zero attached hydrogens (tertiary/aromatic N) is 1. The molecule has 5 heteroatoms. The smallest absolute Gasteiger partial charge is 0.407 e. The lowest BCUT2D eigenvalue weighted by Crippen LogP contribution is -2.60. The van der Waals surface area contributed by atoms with Crippen LogP contribution in [0.25, 0.3) is 10.8 Å². The number of nitrogens with one attached hydrogen (secondary N) is 1. The first-order chi connectivity index (χ1) is 17.3. The third-order valence-electron chi connectivity index (χ3n) is 11.1. The number of hydrogen-bond donors (Lipinski definition) is 1. The predicted molar refractivity (Wildman–Crippen MR) is 140 cm³/mol. The van der Waals surface area contributed by atoms with Gasteiger partial charge in [0, 0.05) is 36.7 Å². The Morgan fingerprint density at radius 2 is 2.03 bits per heavy atom. The van der Waals surface area contributed by atoms with Crippen LogP contribution in [0.2, 0.25) is 0 Å². The minimum atomic E-state index is -0.339. The Morgan fingerprint density at radius 1 is 1.14 bits per heavy atom. The molecular formula is C31H36N2O3. The minimum absolute atomic E-state index is 0.0404. The van der Waals surface area contributed by atoms with Crippen LogP contribution in [0.15, 0.2) is 60.0 Å². The highest BCUT2D eigenvalue weighted by Crippen LogP contribution is 2.75. The quantitative estimate of drug-likeness (QED) is 0.522. The van der Waals surface area contributed by atoms with E-state index in [-0.39, 0.29) is 34.2 Å². The molecular weight excluding hydrogens is 448 g/mol. The molecule has 5 nitrogen and oxygen atoms in total. The number of fused-ring (bicyclic) bond motifs is 2. The summed E-state index contributed by atoms with van der Waals surface area (Å²) >= 11 is 0. The number of benzene rings is 1. The number of ether oxygens (including phenoxy) is 2. The number of carbonyl (C=O) groups excluding carboxylic acids is 1. The van der Waals surface area contributed by atoms with E-state index in [0.29, 0.717) is 5.92 Å². The maximum absolute atomic E-state index is 12.0. The number of allylic oxidation sites excluding steroid dienone is 1. The Bertz CT molecular complexity index is 1330. The van der Waals surface area contributed by atoms with E-state index in [4.69, 9.17) is 9.47 Å². The minimum Gasteiger partial charge on any atom is -0.446 e. The van der Waals surface area contributed by atoms with Gasteiger partial charge in [0.15, 0.2) is 0 Å². The van der Waals surface area contributed by atoms with Crippen LogP contribution >= 0.6 is 0 Å². The van der Waals surface area contributed by atoms with Crippen LogP contribution in [0.1, 0.15) is 76.7 Å². The van der Waals surface area contributed by atoms with Gasteiger partial charge in [-0.1, -0.05) is 38.1 Å². The SMILES string of the molecule is CNC(=O)OC1CCC2=CC3=CCC4(C)C(c5ccc6ccncc6c5)CC[C@@]4(C)[C@@]34CC[C@]2(C1)O4. The Hall–Kier alpha value is -2.66. The fourth-order valence-corrected chi connectivity index (χ4v) is 8.91. The van der Waals surface area contributed by atoms with E-state index in [1.807, 2.05) is 12.4 Å². The van der Waals surface area contributed by atoms with Crippen LogP contribution in [0.5, 0.6) is 0 Å². The molecule has 6 atom stereocenters. The lowest BCUT2D eigenvalue weighted by atomic mass is 9.49. The molecule has 2 spiro atoms. The molecule has 2 saturated carbocycles. The number of carbonyl (C=O) groups is 1. The van der Waals surface area contributed by atoms with Crippen LogP contribution in [0.4, 0.5) is 4.79 Å². The average Bonchev–Trinajstić information content (AvgIpc) is 3.36. The van der Waals surface area contributed by atoms with Gasteiger partial charge in [0.25, 0.3) is 0 Å². The van der Waals surface area contributed by atoms with E-state index in [0.717, 1.165) is 44.9 Å². The van der Waals surface area contributed by atoms with Crippen molar-refractivity contribution in [3.63, 3.8) is 0 Å². The van der Waals surface area contributed by atoms with Crippen LogP contribution in [0.3, 0.4) is 0 Å². The van der Waals surface area contributed by atoms with Crippen LogP contribution in [0, 0.1) is 10.8 Å². The standard InChI is InChI=1S/C31H36N2O3/c1-28-11-8-24-17-23-6-7-25(35-27(34)32-3)18-30(23)13-14-31(24,36-30)29(28,2)12-9-26(28)21-5-4-20-10-15-33-19-22(20)16-21/h4-5,8,10,15-17,19,25-26H,6-7,9,11-14,18H2,1-3H3,(H,32,34)/t25?,26?,28?,29-,30-,31-/m1/s1. The first kappa shape index (κ1) is 22.5. The maximum Gasteiger partial charge on any atom is 0.407 e. The normalized spacial score (nSPS) is 40.5. The molecule has 1 aromatic heterocycles. The highest BCUT2D eigenvalue weighted by atomic mass is 16.6. The van der Waals surface area contributed by atoms with E-state index < -0.39 is 0 Å². The number of amides is 1. The second-order valence-corrected chi connectivity index (χ2v) is 12.3. The Balaban J connectivity index is 1.27. The molecule has 0 radical (unpaired) electrons. The van der Waals surface area contributed by atoms with Crippen LogP contribution in [-0.4, -0.2) is 35.4 Å². The number of rotatable bonds is 2. The molecule has 1 N–H and O–H groups in total. The summed E-state index contributed by atoms with van der Waals surface area (Å²) in [7, 11) is 1.62. The molecule has 3 unspecified atom stereocenters. The fourth-order valence-electron chi connectivity index (χ4n) is 8.91. The van der Waals surface area contributed by atoms with Crippen molar-refractivity contribution < 1.29 is 14.3 Å². The lowest BCUT2D eigenvalue weighted by Gasteiger charge is -2.60. The van der Waals surface area contributed by atoms with Crippen molar-refractivity contribution in [1.29, 1.82) is 0 Å². The third-order valence-corrected chi connectivity index (χ3v) is 11.1. The summed E-state index contributed by atoms with van der Waals surface area (Å²) in [4.78, 5) is 16.3. The third kappa shape index (κ3) is 2.75. The summed E-state index contributed by atoms with van der Waals surface area (Å²) in [5.41, 5.74) is 3.87. The second kappa shape index (κ2) is 7.44. The van der Waals surface area contributed by atoms with Gasteiger partial charge in [-0.05, 0) is 90.5 Å². The van der Waals surface area contributed by atoms with Gasteiger partial charge in [0.05, 0.1) is 11.2 Å². The maximum atomic E-state index is 12.0. The molecule has 188 valence electrons. The lowest BCUT2D eigenvalue weighted by molar-refractivity contribution is -0.182. The van der Waals surface area contributed by atoms with Crippen molar-refractivity contribution in [2.24, 2.45) is 10.8 Å². The predicted octanol–water partition coefficient (Wildman–Crippen LogP) is 6.59. The monoisotopic (exact) mass is 484 g/mol. The number of alkyl carbamates (subject to hydrolysis) is 1. The number of pyridine rings is 1. The summed E-state index contributed by atoms with van der Waals surface area (Å²) in [6.45, 7) is 5.04. The van der Waals surface area contributed by atoms with E-state index in [2.05, 4.69) is 60.6 Å². The molecule has 2 bridgehead atoms. The summed E-state index contributed by atoms with van der Waals surface area (Å²) in [5, 5.41) is 5.09. The topological polar surface area (TPSA) is 60.5 Å². The Labute approximate surface area is 213 Å². The van der Waals surface area contributed by atoms with Crippen LogP contribution < -0.4 is 5.32 Å². The highest BCUT2D eigenvalue weighted by molar-refractivity contribution is 5.82.